The van der Waals surface area contributed by atoms with Crippen LogP contribution in [0.5, 0.6) is 0 Å². The number of hydrogen-bond acceptors (Lipinski definition) is 3. The lowest BCUT2D eigenvalue weighted by atomic mass is 9.71. The summed E-state index contributed by atoms with van der Waals surface area (Å²) in [6.45, 7) is 6.72. The number of primary amides is 1. The highest BCUT2D eigenvalue weighted by Gasteiger charge is 2.28. The minimum absolute atomic E-state index is 0.00403. The molecule has 2 heterocycles. The zero-order valence-corrected chi connectivity index (χ0v) is 17.7. The number of nitrogens with one attached hydrogen (secondary N) is 1. The highest BCUT2D eigenvalue weighted by molar-refractivity contribution is 6.03. The van der Waals surface area contributed by atoms with E-state index in [1.165, 1.54) is 49.7 Å². The Morgan fingerprint density at radius 2 is 1.90 bits per heavy atom. The first kappa shape index (κ1) is 21.7. The monoisotopic (exact) mass is 409 g/mol. The van der Waals surface area contributed by atoms with Crippen LogP contribution < -0.4 is 11.2 Å². The number of benzene rings is 1. The quantitative estimate of drug-likeness (QED) is 0.635. The van der Waals surface area contributed by atoms with Crippen molar-refractivity contribution in [1.29, 1.82) is 0 Å². The topological polar surface area (TPSA) is 88.8 Å². The highest BCUT2D eigenvalue weighted by atomic mass is 19.1. The number of nitrogens with two attached hydrogens (primary N) is 1. The maximum atomic E-state index is 13.0. The molecule has 3 aromatic rings. The fourth-order valence-electron chi connectivity index (χ4n) is 4.12. The number of aromatic amines is 1. The summed E-state index contributed by atoms with van der Waals surface area (Å²) in [6.07, 6.45) is 8.01. The van der Waals surface area contributed by atoms with Gasteiger partial charge in [-0.1, -0.05) is 19.9 Å². The number of hydrogen-bond donors (Lipinski definition) is 2. The van der Waals surface area contributed by atoms with Crippen molar-refractivity contribution < 1.29 is 9.18 Å². The zero-order valence-electron chi connectivity index (χ0n) is 17.7. The molecule has 5 nitrogen and oxygen atoms in total. The molecule has 0 unspecified atom stereocenters. The van der Waals surface area contributed by atoms with Gasteiger partial charge in [0.1, 0.15) is 11.5 Å². The second-order valence-electron chi connectivity index (χ2n) is 8.73. The molecule has 1 fully saturated rings. The van der Waals surface area contributed by atoms with Gasteiger partial charge in [0.25, 0.3) is 5.91 Å². The molecule has 1 aliphatic rings. The van der Waals surface area contributed by atoms with Crippen LogP contribution in [-0.4, -0.2) is 15.9 Å². The molecule has 1 saturated carbocycles. The van der Waals surface area contributed by atoms with Gasteiger partial charge in [-0.25, -0.2) is 4.39 Å². The lowest BCUT2D eigenvalue weighted by molar-refractivity contribution is 0.0997. The Balaban J connectivity index is 0.000000172. The van der Waals surface area contributed by atoms with Crippen LogP contribution in [0.2, 0.25) is 0 Å². The van der Waals surface area contributed by atoms with Gasteiger partial charge >= 0.3 is 0 Å². The average molecular weight is 410 g/mol. The Bertz CT molecular complexity index is 1110. The summed E-state index contributed by atoms with van der Waals surface area (Å²) in [5, 5.41) is 0.238. The summed E-state index contributed by atoms with van der Waals surface area (Å²) >= 11 is 0. The van der Waals surface area contributed by atoms with Crippen LogP contribution in [0.3, 0.4) is 0 Å². The van der Waals surface area contributed by atoms with Crippen LogP contribution in [0.1, 0.15) is 67.1 Å². The number of H-pyrrole nitrogens is 1. The molecule has 0 atom stereocenters. The van der Waals surface area contributed by atoms with Crippen LogP contribution in [0.15, 0.2) is 47.5 Å². The van der Waals surface area contributed by atoms with E-state index in [0.29, 0.717) is 16.8 Å². The van der Waals surface area contributed by atoms with Gasteiger partial charge in [0, 0.05) is 18.5 Å². The summed E-state index contributed by atoms with van der Waals surface area (Å²) < 4.78 is 13.0. The van der Waals surface area contributed by atoms with E-state index in [0.717, 1.165) is 5.56 Å². The number of aryl methyl sites for hydroxylation is 1. The summed E-state index contributed by atoms with van der Waals surface area (Å²) in [5.74, 6) is -0.168. The third kappa shape index (κ3) is 4.93. The van der Waals surface area contributed by atoms with E-state index < -0.39 is 5.91 Å². The number of carbonyl (C=O) groups excluding carboxylic acids is 1. The van der Waals surface area contributed by atoms with Gasteiger partial charge in [-0.05, 0) is 73.3 Å². The Hall–Kier alpha value is -3.02. The molecular weight excluding hydrogens is 381 g/mol. The first-order valence-corrected chi connectivity index (χ1v) is 10.2. The van der Waals surface area contributed by atoms with Crippen LogP contribution in [-0.2, 0) is 0 Å². The van der Waals surface area contributed by atoms with Crippen LogP contribution in [0.4, 0.5) is 4.39 Å². The van der Waals surface area contributed by atoms with Crippen molar-refractivity contribution >= 4 is 16.8 Å². The van der Waals surface area contributed by atoms with Crippen molar-refractivity contribution in [2.24, 2.45) is 11.1 Å². The molecule has 0 radical (unpaired) electrons. The fourth-order valence-corrected chi connectivity index (χ4v) is 4.12. The Morgan fingerprint density at radius 1 is 1.20 bits per heavy atom. The normalized spacial score (nSPS) is 16.0. The van der Waals surface area contributed by atoms with E-state index in [9.17, 15) is 14.0 Å². The van der Waals surface area contributed by atoms with Crippen molar-refractivity contribution in [2.75, 3.05) is 0 Å². The van der Waals surface area contributed by atoms with Crippen molar-refractivity contribution in [3.05, 3.63) is 75.6 Å². The molecule has 158 valence electrons. The third-order valence-electron chi connectivity index (χ3n) is 5.92. The van der Waals surface area contributed by atoms with Gasteiger partial charge < -0.3 is 10.7 Å². The molecule has 3 N–H and O–H groups in total. The summed E-state index contributed by atoms with van der Waals surface area (Å²) in [4.78, 5) is 29.0. The number of carbonyl (C=O) groups is 1. The van der Waals surface area contributed by atoms with Crippen LogP contribution >= 0.6 is 0 Å². The number of amides is 1. The van der Waals surface area contributed by atoms with Gasteiger partial charge in [0.05, 0.1) is 10.9 Å². The third-order valence-corrected chi connectivity index (χ3v) is 5.92. The SMILES string of the molecule is Cc1cc(F)ccc1C1CCC(C)(C)CC1.NC(=O)c1nccc2[nH]ccc(=O)c12. The molecule has 0 bridgehead atoms. The maximum absolute atomic E-state index is 13.0. The van der Waals surface area contributed by atoms with E-state index in [4.69, 9.17) is 5.73 Å². The smallest absolute Gasteiger partial charge is 0.268 e. The van der Waals surface area contributed by atoms with E-state index in [1.807, 2.05) is 13.0 Å². The second kappa shape index (κ2) is 8.78. The number of halogens is 1. The van der Waals surface area contributed by atoms with Crippen molar-refractivity contribution in [1.82, 2.24) is 9.97 Å². The maximum Gasteiger partial charge on any atom is 0.268 e. The number of pyridine rings is 2. The number of fused-ring (bicyclic) bond motifs is 1. The predicted molar refractivity (Wildman–Crippen MR) is 117 cm³/mol. The molecule has 2 aromatic heterocycles. The molecule has 0 spiro atoms. The second-order valence-corrected chi connectivity index (χ2v) is 8.73. The first-order valence-electron chi connectivity index (χ1n) is 10.2. The van der Waals surface area contributed by atoms with E-state index in [-0.39, 0.29) is 22.3 Å². The van der Waals surface area contributed by atoms with Crippen molar-refractivity contribution in [3.63, 3.8) is 0 Å². The predicted octanol–water partition coefficient (Wildman–Crippen LogP) is 4.84. The largest absolute Gasteiger partial charge is 0.364 e. The Labute approximate surface area is 175 Å². The molecule has 4 rings (SSSR count). The molecule has 1 aromatic carbocycles. The first-order chi connectivity index (χ1) is 14.2. The highest BCUT2D eigenvalue weighted by Crippen LogP contribution is 2.43. The van der Waals surface area contributed by atoms with Crippen LogP contribution in [0.25, 0.3) is 10.9 Å². The van der Waals surface area contributed by atoms with E-state index >= 15 is 0 Å². The Morgan fingerprint density at radius 3 is 2.53 bits per heavy atom. The van der Waals surface area contributed by atoms with Crippen molar-refractivity contribution in [2.45, 2.75) is 52.4 Å². The number of nitrogens with zero attached hydrogens (tertiary/aromatic N) is 1. The van der Waals surface area contributed by atoms with Crippen molar-refractivity contribution in [3.8, 4) is 0 Å². The van der Waals surface area contributed by atoms with Crippen LogP contribution in [0, 0.1) is 18.2 Å². The molecule has 0 saturated heterocycles. The zero-order chi connectivity index (χ0) is 21.9. The average Bonchev–Trinajstić information content (AvgIpc) is 2.69. The standard InChI is InChI=1S/C15H21F.C9H7N3O2/c1-11-10-13(16)4-5-14(11)12-6-8-15(2,3)9-7-12;10-9(14)8-7-5(1-3-12-8)11-4-2-6(7)13/h4-5,10,12H,6-9H2,1-3H3;1-4H,(H2,10,14)(H,11,13). The van der Waals surface area contributed by atoms with Gasteiger partial charge in [-0.15, -0.1) is 0 Å². The molecule has 1 amide bonds. The summed E-state index contributed by atoms with van der Waals surface area (Å²) in [6, 6.07) is 8.18. The van der Waals surface area contributed by atoms with Gasteiger partial charge in [0.15, 0.2) is 5.43 Å². The molecule has 1 aliphatic carbocycles. The van der Waals surface area contributed by atoms with Gasteiger partial charge in [0.2, 0.25) is 0 Å². The minimum atomic E-state index is -0.702. The molecule has 0 aliphatic heterocycles. The lowest BCUT2D eigenvalue weighted by Crippen LogP contribution is -2.20. The Kier molecular flexibility index (Phi) is 6.34. The van der Waals surface area contributed by atoms with E-state index in [1.54, 1.807) is 18.2 Å². The number of rotatable bonds is 2. The fraction of sp³-hybridized carbons (Fsp3) is 0.375. The summed E-state index contributed by atoms with van der Waals surface area (Å²) in [7, 11) is 0. The minimum Gasteiger partial charge on any atom is -0.364 e. The summed E-state index contributed by atoms with van der Waals surface area (Å²) in [5.41, 5.74) is 8.37. The van der Waals surface area contributed by atoms with Gasteiger partial charge in [-0.2, -0.15) is 0 Å². The lowest BCUT2D eigenvalue weighted by Gasteiger charge is -2.35. The van der Waals surface area contributed by atoms with E-state index in [2.05, 4.69) is 23.8 Å². The molecule has 6 heteroatoms. The molecular formula is C24H28FN3O2. The van der Waals surface area contributed by atoms with Gasteiger partial charge in [-0.3, -0.25) is 14.6 Å². The number of aromatic nitrogens is 2. The molecule has 30 heavy (non-hydrogen) atoms.